The highest BCUT2D eigenvalue weighted by Crippen LogP contribution is 2.49. The van der Waals surface area contributed by atoms with Crippen molar-refractivity contribution >= 4 is 164 Å². The van der Waals surface area contributed by atoms with E-state index in [4.69, 9.17) is 28.3 Å². The number of aliphatic carboxylic acids is 1. The summed E-state index contributed by atoms with van der Waals surface area (Å²) in [6, 6.07) is 17.5. The maximum atomic E-state index is 12.8. The molecule has 5 aromatic carbocycles. The number of anilines is 7. The first-order valence-electron chi connectivity index (χ1n) is 22.9. The quantitative estimate of drug-likeness (QED) is 0.0250. The van der Waals surface area contributed by atoms with Gasteiger partial charge >= 0.3 is 12.0 Å². The number of pyridine rings is 1. The Morgan fingerprint density at radius 2 is 1.10 bits per heavy atom. The van der Waals surface area contributed by atoms with Gasteiger partial charge in [0.15, 0.2) is 16.6 Å². The number of nitrogens with zero attached hydrogens (tertiary/aromatic N) is 10. The minimum Gasteiger partial charge on any atom is -0.481 e. The van der Waals surface area contributed by atoms with Gasteiger partial charge in [0, 0.05) is 45.5 Å². The van der Waals surface area contributed by atoms with Gasteiger partial charge in [-0.1, -0.05) is 46.7 Å². The fourth-order valence-electron chi connectivity index (χ4n) is 7.70. The number of benzene rings is 5. The number of hydrogen-bond acceptors (Lipinski definition) is 27. The predicted octanol–water partition coefficient (Wildman–Crippen LogP) is 9.39. The number of hydrogen-bond donors (Lipinski definition) is 11. The molecular formula is C46H32Cl2N14O18S6. The average molecular weight is 1330 g/mol. The summed E-state index contributed by atoms with van der Waals surface area (Å²) in [6.45, 7) is 1.22. The van der Waals surface area contributed by atoms with Crippen LogP contribution >= 0.6 is 34.5 Å². The van der Waals surface area contributed by atoms with E-state index in [0.29, 0.717) is 29.5 Å². The number of nitriles is 2. The van der Waals surface area contributed by atoms with Crippen molar-refractivity contribution in [1.29, 1.82) is 10.5 Å². The maximum Gasteiger partial charge on any atom is 0.320 e. The van der Waals surface area contributed by atoms with Crippen molar-refractivity contribution in [2.75, 3.05) is 27.8 Å². The average Bonchev–Trinajstić information content (AvgIpc) is 1.14. The molecule has 444 valence electrons. The van der Waals surface area contributed by atoms with E-state index in [9.17, 15) is 85.3 Å². The van der Waals surface area contributed by atoms with Crippen LogP contribution in [0.4, 0.5) is 62.0 Å². The van der Waals surface area contributed by atoms with Crippen LogP contribution in [0.2, 0.25) is 10.0 Å². The van der Waals surface area contributed by atoms with E-state index in [1.807, 2.05) is 12.1 Å². The molecule has 0 saturated carbocycles. The fourth-order valence-corrected chi connectivity index (χ4v) is 12.7. The normalized spacial score (nSPS) is 12.3. The Morgan fingerprint density at radius 1 is 0.581 bits per heavy atom. The van der Waals surface area contributed by atoms with Crippen LogP contribution in [0.1, 0.15) is 23.1 Å². The Bertz CT molecular complexity index is 4930. The first-order valence-corrected chi connectivity index (χ1v) is 31.7. The van der Waals surface area contributed by atoms with Crippen LogP contribution in [0.25, 0.3) is 21.9 Å². The first kappa shape index (κ1) is 63.0. The molecule has 11 N–H and O–H groups in total. The van der Waals surface area contributed by atoms with Crippen molar-refractivity contribution in [3.63, 3.8) is 0 Å². The Hall–Kier alpha value is -9.00. The molecule has 0 aliphatic heterocycles. The lowest BCUT2D eigenvalue weighted by Crippen LogP contribution is -2.11. The summed E-state index contributed by atoms with van der Waals surface area (Å²) in [5, 5.41) is 65.6. The Kier molecular flexibility index (Phi) is 17.7. The van der Waals surface area contributed by atoms with Crippen LogP contribution < -0.4 is 21.3 Å². The predicted molar refractivity (Wildman–Crippen MR) is 305 cm³/mol. The van der Waals surface area contributed by atoms with Gasteiger partial charge in [0.2, 0.25) is 11.9 Å². The molecule has 3 aromatic heterocycles. The van der Waals surface area contributed by atoms with E-state index in [1.54, 1.807) is 0 Å². The van der Waals surface area contributed by atoms with Crippen molar-refractivity contribution in [1.82, 2.24) is 19.9 Å². The van der Waals surface area contributed by atoms with Gasteiger partial charge < -0.3 is 31.5 Å². The number of azo groups is 2. The summed E-state index contributed by atoms with van der Waals surface area (Å²) in [4.78, 5) is 21.9. The van der Waals surface area contributed by atoms with Crippen LogP contribution in [0, 0.1) is 29.6 Å². The number of thiophene rings is 1. The standard InChI is InChI=1S/C46H32Cl2N14O18S6/c1-20-29(18-49)40(52-23-6-8-31(47)35(13-23)85(75,76)77)55-41(53-24-7-9-32(48)36(14-24)86(78,79)80)39(20)60-61-42-30(19-50)38(21-2-4-22(5-3-21)54-45-56-44(57-46(65)58-45)51-11-10-37(63)64)43(81-42)62-59-25-12-27-28(33(15-25)83(69,70)71)16-26(82(66,67)68)17-34(27)84(72,73)74/h2-9,12-17H,10-11H2,1H3,(H,63,64)(H2,52,53,55)(H,66,67,68)(H,69,70,71)(H,72,73,74)(H,75,76,77)(H,78,79,80)(H3,51,54,56,57,58,65). The van der Waals surface area contributed by atoms with Gasteiger partial charge in [0.1, 0.15) is 48.0 Å². The van der Waals surface area contributed by atoms with Gasteiger partial charge in [0.25, 0.3) is 50.6 Å². The van der Waals surface area contributed by atoms with E-state index in [1.165, 1.54) is 43.3 Å². The second-order valence-electron chi connectivity index (χ2n) is 17.2. The van der Waals surface area contributed by atoms with Crippen LogP contribution in [-0.4, -0.2) is 108 Å². The van der Waals surface area contributed by atoms with E-state index < -0.39 is 109 Å². The summed E-state index contributed by atoms with van der Waals surface area (Å²) < 4.78 is 174. The van der Waals surface area contributed by atoms with Crippen molar-refractivity contribution in [2.45, 2.75) is 37.8 Å². The molecule has 8 aromatic rings. The summed E-state index contributed by atoms with van der Waals surface area (Å²) in [7, 11) is -26.1. The first-order chi connectivity index (χ1) is 40.1. The molecule has 0 fully saturated rings. The largest absolute Gasteiger partial charge is 0.481 e. The lowest BCUT2D eigenvalue weighted by molar-refractivity contribution is -0.136. The molecule has 3 heterocycles. The summed E-state index contributed by atoms with van der Waals surface area (Å²) in [5.41, 5.74) is -1.56. The topological polar surface area (TPSA) is 526 Å². The van der Waals surface area contributed by atoms with Gasteiger partial charge in [-0.15, -0.1) is 20.5 Å². The molecule has 0 aliphatic carbocycles. The smallest absolute Gasteiger partial charge is 0.320 e. The number of rotatable bonds is 20. The van der Waals surface area contributed by atoms with E-state index >= 15 is 0 Å². The molecule has 32 nitrogen and oxygen atoms in total. The molecule has 86 heavy (non-hydrogen) atoms. The zero-order valence-electron chi connectivity index (χ0n) is 42.3. The van der Waals surface area contributed by atoms with E-state index in [-0.39, 0.29) is 102 Å². The molecule has 0 atom stereocenters. The van der Waals surface area contributed by atoms with E-state index in [0.717, 1.165) is 30.3 Å². The van der Waals surface area contributed by atoms with Crippen molar-refractivity contribution in [2.24, 2.45) is 20.5 Å². The Morgan fingerprint density at radius 3 is 1.65 bits per heavy atom. The van der Waals surface area contributed by atoms with Gasteiger partial charge in [-0.3, -0.25) is 27.6 Å². The molecular weight excluding hydrogens is 1300 g/mol. The molecule has 0 saturated heterocycles. The van der Waals surface area contributed by atoms with Crippen LogP contribution in [0.3, 0.4) is 0 Å². The zero-order valence-corrected chi connectivity index (χ0v) is 48.7. The highest BCUT2D eigenvalue weighted by atomic mass is 35.5. The Balaban J connectivity index is 1.32. The summed E-state index contributed by atoms with van der Waals surface area (Å²) in [5.74, 6) is -2.23. The van der Waals surface area contributed by atoms with Crippen LogP contribution in [-0.2, 0) is 55.4 Å². The van der Waals surface area contributed by atoms with Gasteiger partial charge in [-0.05, 0) is 85.3 Å². The van der Waals surface area contributed by atoms with E-state index in [2.05, 4.69) is 61.7 Å². The number of aromatic hydroxyl groups is 1. The number of aromatic nitrogens is 4. The third-order valence-electron chi connectivity index (χ3n) is 11.4. The summed E-state index contributed by atoms with van der Waals surface area (Å²) >= 11 is 12.7. The fraction of sp³-hybridized carbons (Fsp3) is 0.0652. The molecule has 0 radical (unpaired) electrons. The molecule has 8 rings (SSSR count). The van der Waals surface area contributed by atoms with Gasteiger partial charge in [0.05, 0.1) is 32.6 Å². The molecule has 0 bridgehead atoms. The lowest BCUT2D eigenvalue weighted by atomic mass is 10.0. The maximum absolute atomic E-state index is 12.8. The number of carboxylic acids is 1. The summed E-state index contributed by atoms with van der Waals surface area (Å²) in [6.07, 6.45) is -0.328. The minimum absolute atomic E-state index is 0.0592. The SMILES string of the molecule is Cc1c(C#N)c(Nc2ccc(Cl)c(S(=O)(=O)O)c2)nc(Nc2ccc(Cl)c(S(=O)(=O)O)c2)c1N=Nc1sc(N=Nc2cc(S(=O)(=O)O)c3cc(S(=O)(=O)O)cc(S(=O)(=O)O)c3c2)c(-c2ccc(Nc3nc(O)nc(NCCC(=O)O)n3)cc2)c1C#N. The number of carboxylic acid groups (broad SMARTS) is 1. The molecule has 40 heteroatoms. The van der Waals surface area contributed by atoms with Crippen molar-refractivity contribution in [3.05, 3.63) is 112 Å². The highest BCUT2D eigenvalue weighted by molar-refractivity contribution is 7.87. The monoisotopic (exact) mass is 1330 g/mol. The second kappa shape index (κ2) is 24.2. The van der Waals surface area contributed by atoms with Crippen molar-refractivity contribution < 1.29 is 79.9 Å². The third-order valence-corrected chi connectivity index (χ3v) is 17.7. The minimum atomic E-state index is -5.47. The lowest BCUT2D eigenvalue weighted by Gasteiger charge is -2.16. The number of carbonyl (C=O) groups is 1. The van der Waals surface area contributed by atoms with Crippen molar-refractivity contribution in [3.8, 4) is 29.3 Å². The molecule has 0 spiro atoms. The van der Waals surface area contributed by atoms with Crippen LogP contribution in [0.5, 0.6) is 6.01 Å². The van der Waals surface area contributed by atoms with Gasteiger partial charge in [-0.2, -0.15) is 67.6 Å². The third kappa shape index (κ3) is 14.4. The molecule has 0 amide bonds. The van der Waals surface area contributed by atoms with Crippen LogP contribution in [0.15, 0.2) is 130 Å². The number of fused-ring (bicyclic) bond motifs is 1. The number of halogens is 2. The molecule has 0 unspecified atom stereocenters. The Labute approximate surface area is 498 Å². The number of nitrogens with one attached hydrogen (secondary N) is 4. The zero-order chi connectivity index (χ0) is 63.0. The second-order valence-corrected chi connectivity index (χ2v) is 25.9. The van der Waals surface area contributed by atoms with Gasteiger partial charge in [-0.25, -0.2) is 4.98 Å². The molecule has 0 aliphatic rings. The highest BCUT2D eigenvalue weighted by Gasteiger charge is 2.28.